The summed E-state index contributed by atoms with van der Waals surface area (Å²) in [5.74, 6) is -3.59. The maximum Gasteiger partial charge on any atom is 0.402 e. The Balaban J connectivity index is 2.09. The Hall–Kier alpha value is -1.00. The maximum absolute atomic E-state index is 13.1. The van der Waals surface area contributed by atoms with E-state index in [0.29, 0.717) is 6.42 Å². The van der Waals surface area contributed by atoms with Gasteiger partial charge in [-0.3, -0.25) is 4.79 Å². The zero-order valence-electron chi connectivity index (χ0n) is 11.1. The van der Waals surface area contributed by atoms with Gasteiger partial charge in [0.2, 0.25) is 0 Å². The second-order valence-electron chi connectivity index (χ2n) is 5.99. The molecule has 2 bridgehead atoms. The summed E-state index contributed by atoms with van der Waals surface area (Å²) in [7, 11) is 0. The Kier molecular flexibility index (Phi) is 3.92. The van der Waals surface area contributed by atoms with Gasteiger partial charge in [0.25, 0.3) is 0 Å². The first-order valence-corrected chi connectivity index (χ1v) is 6.70. The minimum atomic E-state index is -4.52. The van der Waals surface area contributed by atoms with E-state index in [-0.39, 0.29) is 24.4 Å². The normalized spacial score (nSPS) is 30.9. The van der Waals surface area contributed by atoms with Gasteiger partial charge in [0.1, 0.15) is 0 Å². The van der Waals surface area contributed by atoms with Crippen LogP contribution in [-0.4, -0.2) is 18.8 Å². The van der Waals surface area contributed by atoms with Gasteiger partial charge in [-0.15, -0.1) is 0 Å². The lowest BCUT2D eigenvalue weighted by Gasteiger charge is -2.28. The smallest absolute Gasteiger partial charge is 0.402 e. The van der Waals surface area contributed by atoms with Gasteiger partial charge in [0.15, 0.2) is 5.92 Å². The highest BCUT2D eigenvalue weighted by Gasteiger charge is 2.55. The molecule has 0 spiro atoms. The fraction of sp³-hybridized carbons (Fsp3) is 0.786. The van der Waals surface area contributed by atoms with Gasteiger partial charge < -0.3 is 4.74 Å². The zero-order chi connectivity index (χ0) is 14.2. The summed E-state index contributed by atoms with van der Waals surface area (Å²) >= 11 is 0. The SMILES string of the molecule is CC(C)COC(=O)C(C1CC2C=CC1C2)C(F)(F)F. The van der Waals surface area contributed by atoms with Crippen molar-refractivity contribution in [2.45, 2.75) is 32.9 Å². The number of rotatable bonds is 4. The highest BCUT2D eigenvalue weighted by atomic mass is 19.4. The van der Waals surface area contributed by atoms with Crippen molar-refractivity contribution >= 4 is 5.97 Å². The average Bonchev–Trinajstić information content (AvgIpc) is 2.86. The van der Waals surface area contributed by atoms with E-state index in [0.717, 1.165) is 6.42 Å². The maximum atomic E-state index is 13.1. The summed E-state index contributed by atoms with van der Waals surface area (Å²) in [5.41, 5.74) is 0. The fourth-order valence-corrected chi connectivity index (χ4v) is 3.10. The number of ether oxygens (including phenoxy) is 1. The summed E-state index contributed by atoms with van der Waals surface area (Å²) < 4.78 is 44.3. The first kappa shape index (κ1) is 14.4. The van der Waals surface area contributed by atoms with Crippen molar-refractivity contribution in [2.24, 2.45) is 29.6 Å². The molecule has 2 aliphatic carbocycles. The lowest BCUT2D eigenvalue weighted by atomic mass is 9.81. The van der Waals surface area contributed by atoms with E-state index in [9.17, 15) is 18.0 Å². The molecule has 0 N–H and O–H groups in total. The van der Waals surface area contributed by atoms with Crippen LogP contribution >= 0.6 is 0 Å². The summed E-state index contributed by atoms with van der Waals surface area (Å²) in [4.78, 5) is 11.8. The third-order valence-electron chi connectivity index (χ3n) is 3.92. The van der Waals surface area contributed by atoms with Crippen LogP contribution in [0.1, 0.15) is 26.7 Å². The van der Waals surface area contributed by atoms with E-state index in [1.165, 1.54) is 0 Å². The highest BCUT2D eigenvalue weighted by Crippen LogP contribution is 2.50. The van der Waals surface area contributed by atoms with Gasteiger partial charge in [-0.25, -0.2) is 0 Å². The predicted octanol–water partition coefficient (Wildman–Crippen LogP) is 3.58. The Bertz CT molecular complexity index is 373. The number of alkyl halides is 3. The largest absolute Gasteiger partial charge is 0.465 e. The van der Waals surface area contributed by atoms with Gasteiger partial charge in [0.05, 0.1) is 6.61 Å². The number of allylic oxidation sites excluding steroid dienone is 2. The monoisotopic (exact) mass is 276 g/mol. The number of fused-ring (bicyclic) bond motifs is 2. The number of carbonyl (C=O) groups excluding carboxylic acids is 1. The summed E-state index contributed by atoms with van der Waals surface area (Å²) in [6.07, 6.45) is 0.467. The Labute approximate surface area is 111 Å². The van der Waals surface area contributed by atoms with Crippen LogP contribution < -0.4 is 0 Å². The van der Waals surface area contributed by atoms with Crippen molar-refractivity contribution < 1.29 is 22.7 Å². The zero-order valence-corrected chi connectivity index (χ0v) is 11.1. The first-order chi connectivity index (χ1) is 8.79. The van der Waals surface area contributed by atoms with Crippen LogP contribution in [0, 0.1) is 29.6 Å². The third kappa shape index (κ3) is 3.12. The number of hydrogen-bond acceptors (Lipinski definition) is 2. The van der Waals surface area contributed by atoms with Crippen LogP contribution in [0.25, 0.3) is 0 Å². The van der Waals surface area contributed by atoms with Gasteiger partial charge in [0, 0.05) is 0 Å². The third-order valence-corrected chi connectivity index (χ3v) is 3.92. The second-order valence-corrected chi connectivity index (χ2v) is 5.99. The van der Waals surface area contributed by atoms with E-state index in [4.69, 9.17) is 4.74 Å². The molecule has 0 saturated heterocycles. The van der Waals surface area contributed by atoms with Crippen LogP contribution in [0.4, 0.5) is 13.2 Å². The molecular formula is C14H19F3O2. The molecule has 2 aliphatic rings. The van der Waals surface area contributed by atoms with Crippen molar-refractivity contribution in [3.8, 4) is 0 Å². The number of esters is 1. The number of halogens is 3. The van der Waals surface area contributed by atoms with E-state index < -0.39 is 24.0 Å². The molecule has 5 heteroatoms. The summed E-state index contributed by atoms with van der Waals surface area (Å²) in [5, 5.41) is 0. The van der Waals surface area contributed by atoms with E-state index in [2.05, 4.69) is 0 Å². The van der Waals surface area contributed by atoms with Crippen LogP contribution in [-0.2, 0) is 9.53 Å². The van der Waals surface area contributed by atoms with Crippen LogP contribution in [0.3, 0.4) is 0 Å². The average molecular weight is 276 g/mol. The van der Waals surface area contributed by atoms with Gasteiger partial charge in [-0.05, 0) is 36.5 Å². The van der Waals surface area contributed by atoms with E-state index in [1.807, 2.05) is 12.2 Å². The van der Waals surface area contributed by atoms with Crippen LogP contribution in [0.5, 0.6) is 0 Å². The van der Waals surface area contributed by atoms with Crippen molar-refractivity contribution in [3.63, 3.8) is 0 Å². The molecule has 0 aliphatic heterocycles. The van der Waals surface area contributed by atoms with Crippen molar-refractivity contribution in [2.75, 3.05) is 6.61 Å². The van der Waals surface area contributed by atoms with Crippen LogP contribution in [0.2, 0.25) is 0 Å². The molecule has 0 aromatic heterocycles. The van der Waals surface area contributed by atoms with Crippen LogP contribution in [0.15, 0.2) is 12.2 Å². The second kappa shape index (κ2) is 5.17. The molecule has 0 aromatic carbocycles. The molecule has 108 valence electrons. The van der Waals surface area contributed by atoms with Gasteiger partial charge >= 0.3 is 12.1 Å². The molecule has 0 heterocycles. The molecule has 4 atom stereocenters. The minimum absolute atomic E-state index is 0.0396. The molecule has 4 unspecified atom stereocenters. The molecule has 1 saturated carbocycles. The Morgan fingerprint density at radius 3 is 2.42 bits per heavy atom. The summed E-state index contributed by atoms with van der Waals surface area (Å²) in [6, 6.07) is 0. The molecular weight excluding hydrogens is 257 g/mol. The first-order valence-electron chi connectivity index (χ1n) is 6.70. The summed E-state index contributed by atoms with van der Waals surface area (Å²) in [6.45, 7) is 3.65. The topological polar surface area (TPSA) is 26.3 Å². The van der Waals surface area contributed by atoms with Crippen molar-refractivity contribution in [1.82, 2.24) is 0 Å². The lowest BCUT2D eigenvalue weighted by Crippen LogP contribution is -2.40. The van der Waals surface area contributed by atoms with E-state index in [1.54, 1.807) is 13.8 Å². The number of carbonyl (C=O) groups is 1. The molecule has 0 aromatic rings. The fourth-order valence-electron chi connectivity index (χ4n) is 3.10. The van der Waals surface area contributed by atoms with Gasteiger partial charge in [-0.1, -0.05) is 26.0 Å². The van der Waals surface area contributed by atoms with Crippen molar-refractivity contribution in [1.29, 1.82) is 0 Å². The minimum Gasteiger partial charge on any atom is -0.465 e. The Morgan fingerprint density at radius 2 is 2.00 bits per heavy atom. The Morgan fingerprint density at radius 1 is 1.32 bits per heavy atom. The molecule has 19 heavy (non-hydrogen) atoms. The predicted molar refractivity (Wildman–Crippen MR) is 64.2 cm³/mol. The lowest BCUT2D eigenvalue weighted by molar-refractivity contribution is -0.209. The van der Waals surface area contributed by atoms with E-state index >= 15 is 0 Å². The quantitative estimate of drug-likeness (QED) is 0.579. The molecule has 2 nitrogen and oxygen atoms in total. The molecule has 0 radical (unpaired) electrons. The standard InChI is InChI=1S/C14H19F3O2/c1-8(2)7-19-13(18)12(14(15,16)17)11-6-9-3-4-10(11)5-9/h3-4,8-12H,5-7H2,1-2H3. The number of hydrogen-bond donors (Lipinski definition) is 0. The van der Waals surface area contributed by atoms with Crippen molar-refractivity contribution in [3.05, 3.63) is 12.2 Å². The molecule has 1 fully saturated rings. The molecule has 2 rings (SSSR count). The van der Waals surface area contributed by atoms with Gasteiger partial charge in [-0.2, -0.15) is 13.2 Å². The highest BCUT2D eigenvalue weighted by molar-refractivity contribution is 5.74. The molecule has 0 amide bonds.